The molecular formula is C16H19N3O3S. The Bertz CT molecular complexity index is 715. The van der Waals surface area contributed by atoms with Crippen LogP contribution in [0.3, 0.4) is 0 Å². The van der Waals surface area contributed by atoms with E-state index in [2.05, 4.69) is 10.9 Å². The van der Waals surface area contributed by atoms with Crippen molar-refractivity contribution in [2.45, 2.75) is 32.8 Å². The lowest BCUT2D eigenvalue weighted by molar-refractivity contribution is -0.130. The zero-order chi connectivity index (χ0) is 16.4. The number of amides is 2. The number of hydrazine groups is 1. The van der Waals surface area contributed by atoms with E-state index in [1.165, 1.54) is 0 Å². The number of carbonyl (C=O) groups is 2. The van der Waals surface area contributed by atoms with E-state index in [-0.39, 0.29) is 11.8 Å². The first-order valence-electron chi connectivity index (χ1n) is 7.53. The summed E-state index contributed by atoms with van der Waals surface area (Å²) in [6.45, 7) is 4.48. The van der Waals surface area contributed by atoms with Gasteiger partial charge in [0.1, 0.15) is 11.1 Å². The molecule has 2 N–H and O–H groups in total. The number of hydrogen-bond acceptors (Lipinski definition) is 4. The van der Waals surface area contributed by atoms with E-state index in [4.69, 9.17) is 4.74 Å². The molecule has 0 spiro atoms. The van der Waals surface area contributed by atoms with Crippen molar-refractivity contribution in [2.75, 3.05) is 6.61 Å². The minimum atomic E-state index is -0.468. The minimum Gasteiger partial charge on any atom is -0.368 e. The number of aromatic nitrogens is 1. The Morgan fingerprint density at radius 2 is 2.00 bits per heavy atom. The number of hydrogen-bond donors (Lipinski definition) is 2. The van der Waals surface area contributed by atoms with Crippen LogP contribution in [0.5, 0.6) is 0 Å². The van der Waals surface area contributed by atoms with Gasteiger partial charge in [0, 0.05) is 23.9 Å². The molecule has 122 valence electrons. The van der Waals surface area contributed by atoms with Crippen LogP contribution < -0.4 is 10.9 Å². The highest BCUT2D eigenvalue weighted by Crippen LogP contribution is 2.30. The van der Waals surface area contributed by atoms with Crippen LogP contribution in [0.4, 0.5) is 0 Å². The minimum absolute atomic E-state index is 0.303. The van der Waals surface area contributed by atoms with E-state index < -0.39 is 6.10 Å². The molecule has 2 amide bonds. The lowest BCUT2D eigenvalue weighted by Gasteiger charge is -2.12. The largest absolute Gasteiger partial charge is 0.368 e. The fourth-order valence-corrected chi connectivity index (χ4v) is 3.69. The van der Waals surface area contributed by atoms with Crippen molar-refractivity contribution >= 4 is 23.2 Å². The van der Waals surface area contributed by atoms with Crippen LogP contribution in [0, 0.1) is 13.8 Å². The Morgan fingerprint density at radius 3 is 2.65 bits per heavy atom. The quantitative estimate of drug-likeness (QED) is 0.845. The number of carbonyl (C=O) groups excluding carboxylic acids is 2. The van der Waals surface area contributed by atoms with E-state index >= 15 is 0 Å². The molecule has 3 rings (SSSR count). The Labute approximate surface area is 138 Å². The second-order valence-corrected chi connectivity index (χ2v) is 6.70. The molecule has 3 heterocycles. The summed E-state index contributed by atoms with van der Waals surface area (Å²) in [6.07, 6.45) is 4.88. The summed E-state index contributed by atoms with van der Waals surface area (Å²) < 4.78 is 7.20. The topological polar surface area (TPSA) is 72.4 Å². The summed E-state index contributed by atoms with van der Waals surface area (Å²) in [7, 11) is 0. The first-order valence-corrected chi connectivity index (χ1v) is 8.34. The fourth-order valence-electron chi connectivity index (χ4n) is 2.57. The van der Waals surface area contributed by atoms with Crippen LogP contribution in [0.2, 0.25) is 0 Å². The Kier molecular flexibility index (Phi) is 4.49. The second-order valence-electron chi connectivity index (χ2n) is 5.50. The molecule has 1 aliphatic heterocycles. The molecule has 0 radical (unpaired) electrons. The fraction of sp³-hybridized carbons (Fsp3) is 0.375. The van der Waals surface area contributed by atoms with Gasteiger partial charge in [0.05, 0.1) is 5.56 Å². The molecule has 2 aromatic rings. The normalized spacial score (nSPS) is 17.2. The number of nitrogens with zero attached hydrogens (tertiary/aromatic N) is 1. The van der Waals surface area contributed by atoms with E-state index in [0.29, 0.717) is 18.6 Å². The zero-order valence-corrected chi connectivity index (χ0v) is 13.9. The summed E-state index contributed by atoms with van der Waals surface area (Å²) in [6, 6.07) is 3.82. The van der Waals surface area contributed by atoms with Crippen LogP contribution in [-0.4, -0.2) is 29.1 Å². The summed E-state index contributed by atoms with van der Waals surface area (Å²) in [4.78, 5) is 25.5. The van der Waals surface area contributed by atoms with Crippen molar-refractivity contribution in [3.8, 4) is 5.00 Å². The lowest BCUT2D eigenvalue weighted by Crippen LogP contribution is -2.46. The SMILES string of the molecule is Cc1sc(-n2cccc2)c(C(=O)NNC(=O)[C@H]2CCCO2)c1C. The van der Waals surface area contributed by atoms with Crippen LogP contribution >= 0.6 is 11.3 Å². The molecule has 1 aliphatic rings. The molecule has 23 heavy (non-hydrogen) atoms. The van der Waals surface area contributed by atoms with Gasteiger partial charge >= 0.3 is 0 Å². The van der Waals surface area contributed by atoms with Gasteiger partial charge in [-0.15, -0.1) is 11.3 Å². The maximum absolute atomic E-state index is 12.5. The molecule has 1 saturated heterocycles. The molecule has 1 fully saturated rings. The predicted octanol–water partition coefficient (Wildman–Crippen LogP) is 2.10. The third-order valence-electron chi connectivity index (χ3n) is 3.95. The second kappa shape index (κ2) is 6.55. The molecule has 2 aromatic heterocycles. The molecule has 1 atom stereocenters. The number of nitrogens with one attached hydrogen (secondary N) is 2. The van der Waals surface area contributed by atoms with Crippen LogP contribution in [-0.2, 0) is 9.53 Å². The van der Waals surface area contributed by atoms with Gasteiger partial charge in [-0.3, -0.25) is 20.4 Å². The molecule has 0 bridgehead atoms. The van der Waals surface area contributed by atoms with Crippen molar-refractivity contribution in [1.82, 2.24) is 15.4 Å². The average Bonchev–Trinajstić information content (AvgIpc) is 3.27. The summed E-state index contributed by atoms with van der Waals surface area (Å²) >= 11 is 1.55. The van der Waals surface area contributed by atoms with Crippen molar-refractivity contribution in [1.29, 1.82) is 0 Å². The molecule has 6 nitrogen and oxygen atoms in total. The van der Waals surface area contributed by atoms with Gasteiger partial charge in [0.25, 0.3) is 11.8 Å². The maximum Gasteiger partial charge on any atom is 0.272 e. The smallest absolute Gasteiger partial charge is 0.272 e. The summed E-state index contributed by atoms with van der Waals surface area (Å²) in [5.74, 6) is -0.620. The highest BCUT2D eigenvalue weighted by molar-refractivity contribution is 7.15. The Hall–Kier alpha value is -2.12. The van der Waals surface area contributed by atoms with Gasteiger partial charge in [0.15, 0.2) is 0 Å². The average molecular weight is 333 g/mol. The third-order valence-corrected chi connectivity index (χ3v) is 5.17. The van der Waals surface area contributed by atoms with Crippen LogP contribution in [0.1, 0.15) is 33.6 Å². The van der Waals surface area contributed by atoms with E-state index in [0.717, 1.165) is 21.9 Å². The van der Waals surface area contributed by atoms with Gasteiger partial charge in [-0.05, 0) is 44.4 Å². The van der Waals surface area contributed by atoms with Crippen LogP contribution in [0.25, 0.3) is 5.00 Å². The zero-order valence-electron chi connectivity index (χ0n) is 13.1. The number of aryl methyl sites for hydroxylation is 1. The first-order chi connectivity index (χ1) is 11.1. The Balaban J connectivity index is 1.75. The van der Waals surface area contributed by atoms with Gasteiger partial charge in [-0.1, -0.05) is 0 Å². The molecular weight excluding hydrogens is 314 g/mol. The standard InChI is InChI=1S/C16H19N3O3S/c1-10-11(2)23-16(19-7-3-4-8-19)13(10)15(21)18-17-14(20)12-6-5-9-22-12/h3-4,7-8,12H,5-6,9H2,1-2H3,(H,17,20)(H,18,21)/t12-/m1/s1. The molecule has 0 saturated carbocycles. The highest BCUT2D eigenvalue weighted by atomic mass is 32.1. The van der Waals surface area contributed by atoms with Crippen molar-refractivity contribution in [3.63, 3.8) is 0 Å². The summed E-state index contributed by atoms with van der Waals surface area (Å²) in [5.41, 5.74) is 6.47. The number of rotatable bonds is 3. The van der Waals surface area contributed by atoms with Gasteiger partial charge < -0.3 is 9.30 Å². The van der Waals surface area contributed by atoms with E-state index in [1.54, 1.807) is 11.3 Å². The molecule has 0 unspecified atom stereocenters. The molecule has 0 aliphatic carbocycles. The lowest BCUT2D eigenvalue weighted by atomic mass is 10.1. The first kappa shape index (κ1) is 15.8. The van der Waals surface area contributed by atoms with Crippen molar-refractivity contribution in [3.05, 3.63) is 40.5 Å². The van der Waals surface area contributed by atoms with E-state index in [9.17, 15) is 9.59 Å². The molecule has 7 heteroatoms. The maximum atomic E-state index is 12.5. The number of thiophene rings is 1. The van der Waals surface area contributed by atoms with E-state index in [1.807, 2.05) is 42.9 Å². The highest BCUT2D eigenvalue weighted by Gasteiger charge is 2.25. The monoisotopic (exact) mass is 333 g/mol. The summed E-state index contributed by atoms with van der Waals surface area (Å²) in [5, 5.41) is 0.842. The van der Waals surface area contributed by atoms with Crippen molar-refractivity contribution < 1.29 is 14.3 Å². The molecule has 0 aromatic carbocycles. The van der Waals surface area contributed by atoms with Gasteiger partial charge in [-0.2, -0.15) is 0 Å². The third kappa shape index (κ3) is 3.16. The van der Waals surface area contributed by atoms with Gasteiger partial charge in [-0.25, -0.2) is 0 Å². The van der Waals surface area contributed by atoms with Crippen LogP contribution in [0.15, 0.2) is 24.5 Å². The predicted molar refractivity (Wildman–Crippen MR) is 87.7 cm³/mol. The van der Waals surface area contributed by atoms with Crippen molar-refractivity contribution in [2.24, 2.45) is 0 Å². The number of ether oxygens (including phenoxy) is 1. The Morgan fingerprint density at radius 1 is 1.26 bits per heavy atom. The van der Waals surface area contributed by atoms with Gasteiger partial charge in [0.2, 0.25) is 0 Å².